The van der Waals surface area contributed by atoms with E-state index in [0.717, 1.165) is 0 Å². The van der Waals surface area contributed by atoms with Crippen molar-refractivity contribution in [1.29, 1.82) is 0 Å². The molecule has 25 heavy (non-hydrogen) atoms. The van der Waals surface area contributed by atoms with Gasteiger partial charge in [0.25, 0.3) is 5.91 Å². The number of aromatic nitrogens is 1. The number of nitrogens with one attached hydrogen (secondary N) is 3. The fourth-order valence-corrected chi connectivity index (χ4v) is 2.80. The van der Waals surface area contributed by atoms with Gasteiger partial charge in [-0.3, -0.25) is 9.59 Å². The topological polar surface area (TPSA) is 74.0 Å². The van der Waals surface area contributed by atoms with Crippen LogP contribution in [0.3, 0.4) is 0 Å². The summed E-state index contributed by atoms with van der Waals surface area (Å²) in [5.41, 5.74) is 1.34. The lowest BCUT2D eigenvalue weighted by Gasteiger charge is -2.13. The Labute approximate surface area is 142 Å². The Hall–Kier alpha value is -2.96. The number of aromatic amines is 1. The summed E-state index contributed by atoms with van der Waals surface area (Å²) in [6.07, 6.45) is 0. The van der Waals surface area contributed by atoms with Gasteiger partial charge in [0.2, 0.25) is 0 Å². The van der Waals surface area contributed by atoms with Crippen molar-refractivity contribution >= 4 is 33.4 Å². The molecular formula is C18H17F2N3O2. The molecule has 3 aromatic rings. The SMILES string of the molecule is O=C(NCCF)c1ccc(NCCF)c2c(=O)c3ccccc3[nH]c12. The van der Waals surface area contributed by atoms with Gasteiger partial charge < -0.3 is 15.6 Å². The highest BCUT2D eigenvalue weighted by Gasteiger charge is 2.17. The van der Waals surface area contributed by atoms with Crippen molar-refractivity contribution < 1.29 is 13.6 Å². The highest BCUT2D eigenvalue weighted by molar-refractivity contribution is 6.11. The van der Waals surface area contributed by atoms with E-state index >= 15 is 0 Å². The number of fused-ring (bicyclic) bond motifs is 2. The summed E-state index contributed by atoms with van der Waals surface area (Å²) in [7, 11) is 0. The van der Waals surface area contributed by atoms with E-state index in [-0.39, 0.29) is 29.5 Å². The number of H-pyrrole nitrogens is 1. The van der Waals surface area contributed by atoms with Crippen LogP contribution in [0, 0.1) is 0 Å². The van der Waals surface area contributed by atoms with E-state index in [1.54, 1.807) is 30.3 Å². The number of amides is 1. The number of para-hydroxylation sites is 1. The summed E-state index contributed by atoms with van der Waals surface area (Å²) in [6.45, 7) is -1.33. The van der Waals surface area contributed by atoms with Crippen LogP contribution < -0.4 is 16.1 Å². The lowest BCUT2D eigenvalue weighted by molar-refractivity contribution is 0.0952. The van der Waals surface area contributed by atoms with Gasteiger partial charge in [0.1, 0.15) is 13.3 Å². The summed E-state index contributed by atoms with van der Waals surface area (Å²) in [5.74, 6) is -0.481. The summed E-state index contributed by atoms with van der Waals surface area (Å²) in [5, 5.41) is 6.07. The van der Waals surface area contributed by atoms with Crippen LogP contribution in [0.1, 0.15) is 10.4 Å². The molecule has 0 aliphatic heterocycles. The van der Waals surface area contributed by atoms with Gasteiger partial charge in [0.15, 0.2) is 5.43 Å². The van der Waals surface area contributed by atoms with Crippen LogP contribution in [-0.2, 0) is 0 Å². The van der Waals surface area contributed by atoms with Crippen molar-refractivity contribution in [2.45, 2.75) is 0 Å². The third-order valence-corrected chi connectivity index (χ3v) is 3.90. The monoisotopic (exact) mass is 345 g/mol. The Balaban J connectivity index is 2.29. The number of alkyl halides is 2. The molecule has 2 aromatic carbocycles. The fraction of sp³-hybridized carbons (Fsp3) is 0.222. The van der Waals surface area contributed by atoms with Crippen LogP contribution in [0.15, 0.2) is 41.2 Å². The number of anilines is 1. The predicted molar refractivity (Wildman–Crippen MR) is 94.8 cm³/mol. The fourth-order valence-electron chi connectivity index (χ4n) is 2.80. The Morgan fingerprint density at radius 3 is 2.56 bits per heavy atom. The van der Waals surface area contributed by atoms with Crippen LogP contribution >= 0.6 is 0 Å². The van der Waals surface area contributed by atoms with Crippen molar-refractivity contribution in [3.63, 3.8) is 0 Å². The van der Waals surface area contributed by atoms with Gasteiger partial charge in [0.05, 0.1) is 16.5 Å². The molecule has 5 nitrogen and oxygen atoms in total. The highest BCUT2D eigenvalue weighted by Crippen LogP contribution is 2.25. The van der Waals surface area contributed by atoms with Gasteiger partial charge in [-0.05, 0) is 24.3 Å². The summed E-state index contributed by atoms with van der Waals surface area (Å²) >= 11 is 0. The molecule has 3 rings (SSSR count). The zero-order valence-electron chi connectivity index (χ0n) is 13.4. The molecule has 1 aromatic heterocycles. The van der Waals surface area contributed by atoms with Crippen LogP contribution in [-0.4, -0.2) is 37.3 Å². The zero-order valence-corrected chi connectivity index (χ0v) is 13.4. The first-order valence-corrected chi connectivity index (χ1v) is 7.89. The molecule has 0 fully saturated rings. The number of halogens is 2. The van der Waals surface area contributed by atoms with Gasteiger partial charge in [-0.15, -0.1) is 0 Å². The van der Waals surface area contributed by atoms with Crippen LogP contribution in [0.4, 0.5) is 14.5 Å². The molecule has 0 aliphatic rings. The molecule has 0 radical (unpaired) electrons. The molecule has 1 amide bonds. The molecule has 0 aliphatic carbocycles. The van der Waals surface area contributed by atoms with Crippen LogP contribution in [0.2, 0.25) is 0 Å². The second-order valence-corrected chi connectivity index (χ2v) is 5.47. The Morgan fingerprint density at radius 1 is 1.04 bits per heavy atom. The number of pyridine rings is 1. The van der Waals surface area contributed by atoms with E-state index in [2.05, 4.69) is 15.6 Å². The van der Waals surface area contributed by atoms with E-state index in [0.29, 0.717) is 22.1 Å². The molecule has 0 spiro atoms. The second-order valence-electron chi connectivity index (χ2n) is 5.47. The molecule has 0 unspecified atom stereocenters. The lowest BCUT2D eigenvalue weighted by atomic mass is 10.0. The molecule has 1 heterocycles. The summed E-state index contributed by atoms with van der Waals surface area (Å²) in [6, 6.07) is 10.0. The molecule has 0 saturated carbocycles. The minimum absolute atomic E-state index is 0.0504. The molecule has 0 bridgehead atoms. The molecule has 130 valence electrons. The van der Waals surface area contributed by atoms with Gasteiger partial charge in [-0.1, -0.05) is 12.1 Å². The van der Waals surface area contributed by atoms with Gasteiger partial charge in [-0.2, -0.15) is 0 Å². The number of rotatable bonds is 6. The molecular weight excluding hydrogens is 328 g/mol. The minimum Gasteiger partial charge on any atom is -0.382 e. The highest BCUT2D eigenvalue weighted by atomic mass is 19.1. The first-order valence-electron chi connectivity index (χ1n) is 7.89. The largest absolute Gasteiger partial charge is 0.382 e. The first kappa shape index (κ1) is 16.9. The van der Waals surface area contributed by atoms with Crippen molar-refractivity contribution in [3.05, 3.63) is 52.2 Å². The number of carbonyl (C=O) groups is 1. The Kier molecular flexibility index (Phi) is 4.92. The molecule has 0 atom stereocenters. The second kappa shape index (κ2) is 7.29. The predicted octanol–water partition coefficient (Wildman–Crippen LogP) is 2.76. The Morgan fingerprint density at radius 2 is 1.80 bits per heavy atom. The van der Waals surface area contributed by atoms with Crippen molar-refractivity contribution in [1.82, 2.24) is 10.3 Å². The van der Waals surface area contributed by atoms with E-state index in [1.165, 1.54) is 6.07 Å². The van der Waals surface area contributed by atoms with E-state index in [4.69, 9.17) is 0 Å². The average Bonchev–Trinajstić information content (AvgIpc) is 2.64. The van der Waals surface area contributed by atoms with Gasteiger partial charge >= 0.3 is 0 Å². The summed E-state index contributed by atoms with van der Waals surface area (Å²) in [4.78, 5) is 28.3. The maximum absolute atomic E-state index is 12.9. The van der Waals surface area contributed by atoms with Crippen molar-refractivity contribution in [3.8, 4) is 0 Å². The average molecular weight is 345 g/mol. The Bertz CT molecular complexity index is 985. The van der Waals surface area contributed by atoms with Gasteiger partial charge in [-0.25, -0.2) is 8.78 Å². The molecule has 3 N–H and O–H groups in total. The number of hydrogen-bond donors (Lipinski definition) is 3. The lowest BCUT2D eigenvalue weighted by Crippen LogP contribution is -2.26. The van der Waals surface area contributed by atoms with Crippen LogP contribution in [0.5, 0.6) is 0 Å². The maximum atomic E-state index is 12.9. The number of carbonyl (C=O) groups excluding carboxylic acids is 1. The molecule has 0 saturated heterocycles. The van der Waals surface area contributed by atoms with E-state index in [9.17, 15) is 18.4 Å². The molecule has 7 heteroatoms. The smallest absolute Gasteiger partial charge is 0.253 e. The van der Waals surface area contributed by atoms with Gasteiger partial charge in [0, 0.05) is 29.7 Å². The van der Waals surface area contributed by atoms with Crippen LogP contribution in [0.25, 0.3) is 21.8 Å². The van der Waals surface area contributed by atoms with E-state index in [1.807, 2.05) is 0 Å². The van der Waals surface area contributed by atoms with E-state index < -0.39 is 19.3 Å². The minimum atomic E-state index is -0.681. The maximum Gasteiger partial charge on any atom is 0.253 e. The third kappa shape index (κ3) is 3.17. The quantitative estimate of drug-likeness (QED) is 0.602. The number of benzene rings is 2. The normalized spacial score (nSPS) is 11.0. The zero-order chi connectivity index (χ0) is 17.8. The van der Waals surface area contributed by atoms with Crippen molar-refractivity contribution in [2.75, 3.05) is 31.8 Å². The third-order valence-electron chi connectivity index (χ3n) is 3.90. The number of hydrogen-bond acceptors (Lipinski definition) is 3. The van der Waals surface area contributed by atoms with Crippen molar-refractivity contribution in [2.24, 2.45) is 0 Å². The summed E-state index contributed by atoms with van der Waals surface area (Å²) < 4.78 is 24.9. The standard InChI is InChI=1S/C18H17F2N3O2/c19-7-9-21-14-6-5-12(18(25)22-10-8-20)16-15(14)17(24)11-3-1-2-4-13(11)23-16/h1-6,21H,7-10H2,(H,22,25)(H,23,24). The first-order chi connectivity index (χ1) is 12.2.